The van der Waals surface area contributed by atoms with Gasteiger partial charge in [0.2, 0.25) is 10.0 Å². The summed E-state index contributed by atoms with van der Waals surface area (Å²) in [5.74, 6) is 1.75. The molecule has 0 bridgehead atoms. The summed E-state index contributed by atoms with van der Waals surface area (Å²) >= 11 is 1.82. The van der Waals surface area contributed by atoms with Crippen LogP contribution in [0.25, 0.3) is 0 Å². The summed E-state index contributed by atoms with van der Waals surface area (Å²) < 4.78 is 38.6. The summed E-state index contributed by atoms with van der Waals surface area (Å²) in [6.45, 7) is 5.55. The predicted octanol–water partition coefficient (Wildman–Crippen LogP) is 2.56. The van der Waals surface area contributed by atoms with Crippen LogP contribution in [0.2, 0.25) is 0 Å². The molecule has 128 valence electrons. The van der Waals surface area contributed by atoms with E-state index in [1.54, 1.807) is 23.5 Å². The molecule has 0 atom stereocenters. The molecule has 0 aliphatic carbocycles. The molecule has 0 aromatic heterocycles. The highest BCUT2D eigenvalue weighted by atomic mass is 32.2. The minimum Gasteiger partial charge on any atom is -0.496 e. The summed E-state index contributed by atoms with van der Waals surface area (Å²) in [5.41, 5.74) is 1.68. The van der Waals surface area contributed by atoms with E-state index in [2.05, 4.69) is 0 Å². The van der Waals surface area contributed by atoms with Gasteiger partial charge in [-0.3, -0.25) is 0 Å². The number of hydrogen-bond acceptors (Lipinski definition) is 5. The first-order valence-corrected chi connectivity index (χ1v) is 10.2. The molecule has 23 heavy (non-hydrogen) atoms. The number of aryl methyl sites for hydroxylation is 2. The van der Waals surface area contributed by atoms with Crippen LogP contribution in [0, 0.1) is 13.8 Å². The quantitative estimate of drug-likeness (QED) is 0.832. The van der Waals surface area contributed by atoms with E-state index >= 15 is 0 Å². The van der Waals surface area contributed by atoms with Crippen LogP contribution in [0.5, 0.6) is 5.75 Å². The van der Waals surface area contributed by atoms with Gasteiger partial charge in [0.15, 0.2) is 0 Å². The molecule has 0 radical (unpaired) electrons. The number of rotatable bonds is 3. The smallest absolute Gasteiger partial charge is 0.243 e. The highest BCUT2D eigenvalue weighted by Crippen LogP contribution is 2.42. The van der Waals surface area contributed by atoms with Crippen molar-refractivity contribution in [3.8, 4) is 5.75 Å². The largest absolute Gasteiger partial charge is 0.496 e. The fraction of sp³-hybridized carbons (Fsp3) is 0.625. The Morgan fingerprint density at radius 2 is 1.83 bits per heavy atom. The Bertz CT molecular complexity index is 663. The standard InChI is InChI=1S/C16H23NO4S2/c1-12-10-14(11-13(2)15(12)20-3)23(18,19)17-6-4-16(5-7-17)21-8-9-22-16/h10-11H,4-9H2,1-3H3. The third kappa shape index (κ3) is 3.12. The molecule has 2 fully saturated rings. The maximum absolute atomic E-state index is 12.9. The van der Waals surface area contributed by atoms with Gasteiger partial charge in [0.25, 0.3) is 0 Å². The lowest BCUT2D eigenvalue weighted by molar-refractivity contribution is 0.0162. The molecule has 2 saturated heterocycles. The van der Waals surface area contributed by atoms with E-state index in [0.29, 0.717) is 18.0 Å². The van der Waals surface area contributed by atoms with Gasteiger partial charge in [0.05, 0.1) is 18.6 Å². The van der Waals surface area contributed by atoms with Crippen molar-refractivity contribution in [2.75, 3.05) is 32.6 Å². The highest BCUT2D eigenvalue weighted by molar-refractivity contribution is 8.00. The van der Waals surface area contributed by atoms with Crippen molar-refractivity contribution in [3.63, 3.8) is 0 Å². The Labute approximate surface area is 142 Å². The van der Waals surface area contributed by atoms with Crippen molar-refractivity contribution in [2.45, 2.75) is 36.5 Å². The van der Waals surface area contributed by atoms with E-state index in [-0.39, 0.29) is 4.93 Å². The Hall–Kier alpha value is -0.760. The van der Waals surface area contributed by atoms with Crippen molar-refractivity contribution in [1.29, 1.82) is 0 Å². The topological polar surface area (TPSA) is 55.8 Å². The van der Waals surface area contributed by atoms with Gasteiger partial charge in [0.1, 0.15) is 10.7 Å². The maximum Gasteiger partial charge on any atom is 0.243 e. The Balaban J connectivity index is 1.82. The van der Waals surface area contributed by atoms with Crippen LogP contribution in [0.15, 0.2) is 17.0 Å². The van der Waals surface area contributed by atoms with Crippen molar-refractivity contribution >= 4 is 21.8 Å². The zero-order valence-electron chi connectivity index (χ0n) is 13.8. The number of ether oxygens (including phenoxy) is 2. The second-order valence-corrected chi connectivity index (χ2v) is 9.48. The molecule has 2 aliphatic heterocycles. The summed E-state index contributed by atoms with van der Waals surface area (Å²) in [6.07, 6.45) is 1.51. The van der Waals surface area contributed by atoms with Crippen LogP contribution in [0.1, 0.15) is 24.0 Å². The normalized spacial score (nSPS) is 21.7. The average molecular weight is 357 g/mol. The van der Waals surface area contributed by atoms with Crippen molar-refractivity contribution in [3.05, 3.63) is 23.3 Å². The minimum absolute atomic E-state index is 0.155. The number of hydrogen-bond donors (Lipinski definition) is 0. The van der Waals surface area contributed by atoms with Crippen LogP contribution in [-0.2, 0) is 14.8 Å². The fourth-order valence-electron chi connectivity index (χ4n) is 3.38. The number of methoxy groups -OCH3 is 1. The van der Waals surface area contributed by atoms with Gasteiger partial charge >= 0.3 is 0 Å². The first-order chi connectivity index (χ1) is 10.9. The molecule has 1 aromatic carbocycles. The van der Waals surface area contributed by atoms with Gasteiger partial charge in [-0.15, -0.1) is 11.8 Å². The van der Waals surface area contributed by atoms with Gasteiger partial charge in [-0.2, -0.15) is 4.31 Å². The number of nitrogens with zero attached hydrogens (tertiary/aromatic N) is 1. The second-order valence-electron chi connectivity index (χ2n) is 6.10. The summed E-state index contributed by atoms with van der Waals surface area (Å²) in [6, 6.07) is 3.40. The van der Waals surface area contributed by atoms with E-state index in [1.165, 1.54) is 0 Å². The molecular formula is C16H23NO4S2. The molecular weight excluding hydrogens is 334 g/mol. The SMILES string of the molecule is COc1c(C)cc(S(=O)(=O)N2CCC3(CC2)OCCS3)cc1C. The van der Waals surface area contributed by atoms with Crippen LogP contribution >= 0.6 is 11.8 Å². The summed E-state index contributed by atoms with van der Waals surface area (Å²) in [7, 11) is -1.86. The number of thioether (sulfide) groups is 1. The second kappa shape index (κ2) is 6.27. The van der Waals surface area contributed by atoms with Crippen LogP contribution < -0.4 is 4.74 Å². The summed E-state index contributed by atoms with van der Waals surface area (Å²) in [4.78, 5) is 0.196. The lowest BCUT2D eigenvalue weighted by Crippen LogP contribution is -2.45. The van der Waals surface area contributed by atoms with Gasteiger partial charge in [-0.25, -0.2) is 8.42 Å². The monoisotopic (exact) mass is 357 g/mol. The van der Waals surface area contributed by atoms with E-state index in [4.69, 9.17) is 9.47 Å². The molecule has 7 heteroatoms. The van der Waals surface area contributed by atoms with Gasteiger partial charge in [-0.05, 0) is 49.9 Å². The molecule has 0 amide bonds. The fourth-order valence-corrected chi connectivity index (χ4v) is 6.17. The van der Waals surface area contributed by atoms with Crippen molar-refractivity contribution in [1.82, 2.24) is 4.31 Å². The maximum atomic E-state index is 12.9. The Morgan fingerprint density at radius 1 is 1.22 bits per heavy atom. The van der Waals surface area contributed by atoms with Gasteiger partial charge < -0.3 is 9.47 Å². The molecule has 1 spiro atoms. The van der Waals surface area contributed by atoms with Crippen molar-refractivity contribution < 1.29 is 17.9 Å². The number of benzene rings is 1. The van der Waals surface area contributed by atoms with E-state index < -0.39 is 10.0 Å². The highest BCUT2D eigenvalue weighted by Gasteiger charge is 2.42. The molecule has 2 heterocycles. The molecule has 5 nitrogen and oxygen atoms in total. The van der Waals surface area contributed by atoms with E-state index in [0.717, 1.165) is 42.1 Å². The lowest BCUT2D eigenvalue weighted by atomic mass is 10.1. The molecule has 0 N–H and O–H groups in total. The molecule has 0 unspecified atom stereocenters. The Morgan fingerprint density at radius 3 is 2.30 bits per heavy atom. The lowest BCUT2D eigenvalue weighted by Gasteiger charge is -2.37. The first-order valence-electron chi connectivity index (χ1n) is 7.81. The first kappa shape index (κ1) is 17.1. The van der Waals surface area contributed by atoms with Gasteiger partial charge in [-0.1, -0.05) is 0 Å². The van der Waals surface area contributed by atoms with E-state index in [9.17, 15) is 8.42 Å². The third-order valence-corrected chi connectivity index (χ3v) is 7.87. The predicted molar refractivity (Wildman–Crippen MR) is 91.6 cm³/mol. The molecule has 1 aromatic rings. The molecule has 0 saturated carbocycles. The summed E-state index contributed by atoms with van der Waals surface area (Å²) in [5, 5.41) is 0. The zero-order valence-corrected chi connectivity index (χ0v) is 15.4. The van der Waals surface area contributed by atoms with Crippen molar-refractivity contribution in [2.24, 2.45) is 0 Å². The van der Waals surface area contributed by atoms with E-state index in [1.807, 2.05) is 25.6 Å². The van der Waals surface area contributed by atoms with Crippen LogP contribution in [-0.4, -0.2) is 50.2 Å². The third-order valence-electron chi connectivity index (χ3n) is 4.57. The number of sulfonamides is 1. The number of piperidine rings is 1. The van der Waals surface area contributed by atoms with Crippen LogP contribution in [0.4, 0.5) is 0 Å². The zero-order chi connectivity index (χ0) is 16.7. The van der Waals surface area contributed by atoms with Crippen LogP contribution in [0.3, 0.4) is 0 Å². The Kier molecular flexibility index (Phi) is 4.66. The average Bonchev–Trinajstić information content (AvgIpc) is 2.95. The minimum atomic E-state index is -3.47. The molecule has 3 rings (SSSR count). The van der Waals surface area contributed by atoms with Gasteiger partial charge in [0, 0.05) is 18.8 Å². The molecule has 2 aliphatic rings.